The molecule has 5 heteroatoms. The molecule has 0 radical (unpaired) electrons. The number of carbonyl (C=O) groups is 1. The Morgan fingerprint density at radius 3 is 2.46 bits per heavy atom. The number of carbonyl (C=O) groups excluding carboxylic acids is 1. The van der Waals surface area contributed by atoms with Gasteiger partial charge in [-0.3, -0.25) is 4.79 Å². The molecule has 4 rings (SSSR count). The van der Waals surface area contributed by atoms with Gasteiger partial charge in [0, 0.05) is 11.1 Å². The van der Waals surface area contributed by atoms with E-state index in [9.17, 15) is 14.0 Å². The van der Waals surface area contributed by atoms with Crippen molar-refractivity contribution in [1.82, 2.24) is 0 Å². The number of hydrogen-bond donors (Lipinski definition) is 1. The van der Waals surface area contributed by atoms with Crippen molar-refractivity contribution in [3.8, 4) is 11.1 Å². The van der Waals surface area contributed by atoms with Gasteiger partial charge in [-0.15, -0.1) is 0 Å². The summed E-state index contributed by atoms with van der Waals surface area (Å²) in [5, 5.41) is 3.51. The summed E-state index contributed by atoms with van der Waals surface area (Å²) < 4.78 is 19.2. The third-order valence-corrected chi connectivity index (χ3v) is 4.53. The van der Waals surface area contributed by atoms with E-state index in [1.54, 1.807) is 36.4 Å². The van der Waals surface area contributed by atoms with Crippen LogP contribution in [0.1, 0.15) is 15.9 Å². The fourth-order valence-corrected chi connectivity index (χ4v) is 3.14. The molecule has 1 heterocycles. The number of hydrogen-bond acceptors (Lipinski definition) is 3. The van der Waals surface area contributed by atoms with Crippen LogP contribution in [-0.2, 0) is 0 Å². The zero-order valence-corrected chi connectivity index (χ0v) is 15.0. The molecule has 3 aromatic carbocycles. The van der Waals surface area contributed by atoms with Gasteiger partial charge in [-0.1, -0.05) is 36.4 Å². The Hall–Kier alpha value is -3.73. The van der Waals surface area contributed by atoms with Crippen LogP contribution in [0.3, 0.4) is 0 Å². The first-order valence-corrected chi connectivity index (χ1v) is 8.73. The summed E-state index contributed by atoms with van der Waals surface area (Å²) in [5.41, 5.74) is 2.53. The van der Waals surface area contributed by atoms with Crippen molar-refractivity contribution in [3.05, 3.63) is 100 Å². The first-order chi connectivity index (χ1) is 13.5. The third kappa shape index (κ3) is 3.30. The Bertz CT molecular complexity index is 1260. The average Bonchev–Trinajstić information content (AvgIpc) is 2.68. The van der Waals surface area contributed by atoms with E-state index in [-0.39, 0.29) is 5.56 Å². The van der Waals surface area contributed by atoms with Crippen LogP contribution in [0.4, 0.5) is 10.1 Å². The topological polar surface area (TPSA) is 59.3 Å². The molecule has 1 aromatic heterocycles. The van der Waals surface area contributed by atoms with E-state index in [0.717, 1.165) is 10.9 Å². The Balaban J connectivity index is 1.67. The monoisotopic (exact) mass is 373 g/mol. The van der Waals surface area contributed by atoms with Crippen molar-refractivity contribution in [2.24, 2.45) is 0 Å². The number of fused-ring (bicyclic) bond motifs is 1. The van der Waals surface area contributed by atoms with Crippen molar-refractivity contribution >= 4 is 22.6 Å². The molecule has 4 aromatic rings. The molecule has 0 spiro atoms. The predicted octanol–water partition coefficient (Wildman–Crippen LogP) is 5.16. The highest BCUT2D eigenvalue weighted by molar-refractivity contribution is 6.04. The minimum atomic E-state index is -0.581. The maximum Gasteiger partial charge on any atom is 0.344 e. The summed E-state index contributed by atoms with van der Waals surface area (Å²) in [7, 11) is 0. The van der Waals surface area contributed by atoms with Crippen molar-refractivity contribution in [2.75, 3.05) is 5.32 Å². The van der Waals surface area contributed by atoms with Gasteiger partial charge in [0.25, 0.3) is 5.91 Å². The highest BCUT2D eigenvalue weighted by Crippen LogP contribution is 2.26. The molecule has 1 N–H and O–H groups in total. The molecule has 0 atom stereocenters. The Kier molecular flexibility index (Phi) is 4.49. The van der Waals surface area contributed by atoms with Gasteiger partial charge in [0.1, 0.15) is 11.4 Å². The predicted molar refractivity (Wildman–Crippen MR) is 107 cm³/mol. The van der Waals surface area contributed by atoms with Crippen LogP contribution in [-0.4, -0.2) is 5.91 Å². The Morgan fingerprint density at radius 2 is 1.68 bits per heavy atom. The number of anilines is 1. The maximum atomic E-state index is 13.8. The molecule has 0 bridgehead atoms. The fourth-order valence-electron chi connectivity index (χ4n) is 3.14. The zero-order valence-electron chi connectivity index (χ0n) is 15.0. The van der Waals surface area contributed by atoms with Crippen molar-refractivity contribution in [1.29, 1.82) is 0 Å². The molecule has 0 saturated heterocycles. The van der Waals surface area contributed by atoms with Crippen LogP contribution in [0.2, 0.25) is 0 Å². The minimum absolute atomic E-state index is 0.0283. The highest BCUT2D eigenvalue weighted by atomic mass is 19.1. The van der Waals surface area contributed by atoms with E-state index in [2.05, 4.69) is 5.32 Å². The van der Waals surface area contributed by atoms with Gasteiger partial charge in [-0.25, -0.2) is 9.18 Å². The number of para-hydroxylation sites is 1. The van der Waals surface area contributed by atoms with E-state index < -0.39 is 17.3 Å². The Morgan fingerprint density at radius 1 is 0.929 bits per heavy atom. The Labute approximate surface area is 160 Å². The molecule has 4 nitrogen and oxygen atoms in total. The van der Waals surface area contributed by atoms with Gasteiger partial charge in [0.05, 0.1) is 11.1 Å². The normalized spacial score (nSPS) is 10.8. The van der Waals surface area contributed by atoms with Crippen LogP contribution in [0.15, 0.2) is 82.0 Å². The SMILES string of the molecule is Cc1cc(NC(=O)c2ccccc2F)ccc1-c1cc2ccccc2oc1=O. The largest absolute Gasteiger partial charge is 0.422 e. The number of benzene rings is 3. The highest BCUT2D eigenvalue weighted by Gasteiger charge is 2.13. The summed E-state index contributed by atoms with van der Waals surface area (Å²) >= 11 is 0. The van der Waals surface area contributed by atoms with E-state index in [0.29, 0.717) is 22.4 Å². The molecule has 0 aliphatic carbocycles. The van der Waals surface area contributed by atoms with E-state index >= 15 is 0 Å². The maximum absolute atomic E-state index is 13.8. The van der Waals surface area contributed by atoms with E-state index in [1.807, 2.05) is 25.1 Å². The molecule has 0 aliphatic heterocycles. The zero-order chi connectivity index (χ0) is 19.7. The summed E-state index contributed by atoms with van der Waals surface area (Å²) in [6.45, 7) is 1.84. The summed E-state index contributed by atoms with van der Waals surface area (Å²) in [6.07, 6.45) is 0. The molecule has 138 valence electrons. The van der Waals surface area contributed by atoms with Crippen molar-refractivity contribution in [3.63, 3.8) is 0 Å². The third-order valence-electron chi connectivity index (χ3n) is 4.53. The quantitative estimate of drug-likeness (QED) is 0.505. The van der Waals surface area contributed by atoms with Crippen LogP contribution in [0.5, 0.6) is 0 Å². The van der Waals surface area contributed by atoms with Crippen LogP contribution in [0, 0.1) is 12.7 Å². The number of halogens is 1. The molecule has 0 unspecified atom stereocenters. The van der Waals surface area contributed by atoms with Crippen LogP contribution >= 0.6 is 0 Å². The van der Waals surface area contributed by atoms with Gasteiger partial charge >= 0.3 is 5.63 Å². The second-order valence-electron chi connectivity index (χ2n) is 6.45. The summed E-state index contributed by atoms with van der Waals surface area (Å²) in [5.74, 6) is -1.11. The second-order valence-corrected chi connectivity index (χ2v) is 6.45. The van der Waals surface area contributed by atoms with Crippen molar-refractivity contribution < 1.29 is 13.6 Å². The standard InChI is InChI=1S/C23H16FNO3/c1-14-12-16(25-22(26)18-7-3-4-8-20(18)24)10-11-17(14)19-13-15-6-2-5-9-21(15)28-23(19)27/h2-13H,1H3,(H,25,26). The van der Waals surface area contributed by atoms with Gasteiger partial charge < -0.3 is 9.73 Å². The first kappa shape index (κ1) is 17.7. The number of nitrogens with one attached hydrogen (secondary N) is 1. The molecular weight excluding hydrogens is 357 g/mol. The number of amides is 1. The molecule has 0 aliphatic rings. The molecule has 0 saturated carbocycles. The van der Waals surface area contributed by atoms with E-state index in [1.165, 1.54) is 18.2 Å². The van der Waals surface area contributed by atoms with Crippen LogP contribution < -0.4 is 10.9 Å². The minimum Gasteiger partial charge on any atom is -0.422 e. The second kappa shape index (κ2) is 7.12. The van der Waals surface area contributed by atoms with E-state index in [4.69, 9.17) is 4.42 Å². The molecule has 28 heavy (non-hydrogen) atoms. The van der Waals surface area contributed by atoms with Crippen LogP contribution in [0.25, 0.3) is 22.1 Å². The van der Waals surface area contributed by atoms with Gasteiger partial charge in [-0.2, -0.15) is 0 Å². The molecule has 0 fully saturated rings. The lowest BCUT2D eigenvalue weighted by atomic mass is 10.0. The molecule has 1 amide bonds. The molecular formula is C23H16FNO3. The van der Waals surface area contributed by atoms with Crippen molar-refractivity contribution in [2.45, 2.75) is 6.92 Å². The summed E-state index contributed by atoms with van der Waals surface area (Å²) in [4.78, 5) is 24.7. The lowest BCUT2D eigenvalue weighted by Crippen LogP contribution is -2.13. The smallest absolute Gasteiger partial charge is 0.344 e. The lowest BCUT2D eigenvalue weighted by molar-refractivity contribution is 0.102. The number of aryl methyl sites for hydroxylation is 1. The van der Waals surface area contributed by atoms with Gasteiger partial charge in [-0.05, 0) is 54.4 Å². The average molecular weight is 373 g/mol. The fraction of sp³-hybridized carbons (Fsp3) is 0.0435. The van der Waals surface area contributed by atoms with Gasteiger partial charge in [0.15, 0.2) is 0 Å². The van der Waals surface area contributed by atoms with Gasteiger partial charge in [0.2, 0.25) is 0 Å². The first-order valence-electron chi connectivity index (χ1n) is 8.73. The lowest BCUT2D eigenvalue weighted by Gasteiger charge is -2.10. The summed E-state index contributed by atoms with van der Waals surface area (Å²) in [6, 6.07) is 20.0. The number of rotatable bonds is 3.